The summed E-state index contributed by atoms with van der Waals surface area (Å²) in [6.45, 7) is 3.73. The first-order chi connectivity index (χ1) is 13.0. The van der Waals surface area contributed by atoms with E-state index in [1.807, 2.05) is 19.9 Å². The van der Waals surface area contributed by atoms with E-state index in [2.05, 4.69) is 36.3 Å². The van der Waals surface area contributed by atoms with Gasteiger partial charge in [-0.25, -0.2) is 14.6 Å². The van der Waals surface area contributed by atoms with Crippen molar-refractivity contribution in [3.05, 3.63) is 53.6 Å². The predicted octanol–water partition coefficient (Wildman–Crippen LogP) is 0.622. The molecule has 10 nitrogen and oxygen atoms in total. The Bertz CT molecular complexity index is 923. The van der Waals surface area contributed by atoms with Crippen molar-refractivity contribution in [3.8, 4) is 5.69 Å². The quantitative estimate of drug-likeness (QED) is 0.372. The normalized spacial score (nSPS) is 10.4. The summed E-state index contributed by atoms with van der Waals surface area (Å²) in [5.74, 6) is -0.706. The third-order valence-corrected chi connectivity index (χ3v) is 4.20. The summed E-state index contributed by atoms with van der Waals surface area (Å²) in [5.41, 5.74) is 7.52. The van der Waals surface area contributed by atoms with Gasteiger partial charge in [-0.15, -0.1) is 5.10 Å². The van der Waals surface area contributed by atoms with Crippen molar-refractivity contribution in [2.45, 2.75) is 19.0 Å². The maximum absolute atomic E-state index is 12.1. The van der Waals surface area contributed by atoms with Crippen LogP contribution in [0.25, 0.3) is 5.69 Å². The van der Waals surface area contributed by atoms with Crippen LogP contribution in [0.15, 0.2) is 41.8 Å². The van der Waals surface area contributed by atoms with Crippen molar-refractivity contribution in [1.29, 1.82) is 0 Å². The lowest BCUT2D eigenvalue weighted by Gasteiger charge is -2.08. The van der Waals surface area contributed by atoms with Crippen molar-refractivity contribution in [3.63, 3.8) is 0 Å². The Morgan fingerprint density at radius 1 is 1.07 bits per heavy atom. The number of hydrogen-bond acceptors (Lipinski definition) is 8. The van der Waals surface area contributed by atoms with Crippen LogP contribution in [0.4, 0.5) is 0 Å². The molecule has 3 aromatic rings. The molecule has 0 aliphatic rings. The van der Waals surface area contributed by atoms with E-state index in [4.69, 9.17) is 0 Å². The van der Waals surface area contributed by atoms with Crippen LogP contribution in [0.2, 0.25) is 0 Å². The van der Waals surface area contributed by atoms with E-state index in [0.717, 1.165) is 11.4 Å². The maximum Gasteiger partial charge on any atom is 0.269 e. The summed E-state index contributed by atoms with van der Waals surface area (Å²) in [5, 5.41) is 11.4. The molecule has 27 heavy (non-hydrogen) atoms. The highest BCUT2D eigenvalue weighted by Gasteiger charge is 2.10. The minimum atomic E-state index is -0.431. The van der Waals surface area contributed by atoms with Crippen LogP contribution >= 0.6 is 11.8 Å². The number of aryl methyl sites for hydroxylation is 2. The number of nitrogens with zero attached hydrogens (tertiary/aromatic N) is 6. The molecule has 0 atom stereocenters. The molecule has 2 aromatic heterocycles. The first-order valence-corrected chi connectivity index (χ1v) is 8.87. The average Bonchev–Trinajstić information content (AvgIpc) is 3.18. The van der Waals surface area contributed by atoms with Crippen molar-refractivity contribution in [1.82, 2.24) is 41.0 Å². The Morgan fingerprint density at radius 3 is 2.41 bits per heavy atom. The van der Waals surface area contributed by atoms with Gasteiger partial charge in [0.05, 0.1) is 11.4 Å². The first-order valence-electron chi connectivity index (χ1n) is 7.89. The summed E-state index contributed by atoms with van der Waals surface area (Å²) in [6, 6.07) is 8.46. The number of nitrogens with one attached hydrogen (secondary N) is 2. The molecule has 0 fully saturated rings. The third kappa shape index (κ3) is 5.07. The lowest BCUT2D eigenvalue weighted by atomic mass is 10.2. The van der Waals surface area contributed by atoms with E-state index in [-0.39, 0.29) is 11.7 Å². The second kappa shape index (κ2) is 8.36. The van der Waals surface area contributed by atoms with Gasteiger partial charge in [0.2, 0.25) is 5.91 Å². The second-order valence-electron chi connectivity index (χ2n) is 5.53. The summed E-state index contributed by atoms with van der Waals surface area (Å²) >= 11 is 1.20. The van der Waals surface area contributed by atoms with Crippen molar-refractivity contribution < 1.29 is 9.59 Å². The van der Waals surface area contributed by atoms with Gasteiger partial charge >= 0.3 is 0 Å². The monoisotopic (exact) mass is 384 g/mol. The molecule has 0 radical (unpaired) electrons. The Balaban J connectivity index is 1.49. The van der Waals surface area contributed by atoms with Gasteiger partial charge in [-0.3, -0.25) is 20.4 Å². The van der Waals surface area contributed by atoms with Gasteiger partial charge in [-0.2, -0.15) is 0 Å². The molecule has 3 rings (SSSR count). The Morgan fingerprint density at radius 2 is 1.78 bits per heavy atom. The molecular weight excluding hydrogens is 368 g/mol. The summed E-state index contributed by atoms with van der Waals surface area (Å²) in [4.78, 5) is 32.5. The number of hydrogen-bond donors (Lipinski definition) is 2. The van der Waals surface area contributed by atoms with Gasteiger partial charge in [0.15, 0.2) is 5.16 Å². The van der Waals surface area contributed by atoms with Crippen LogP contribution < -0.4 is 10.9 Å². The molecule has 0 spiro atoms. The molecule has 2 N–H and O–H groups in total. The van der Waals surface area contributed by atoms with Crippen molar-refractivity contribution >= 4 is 23.6 Å². The number of carbonyl (C=O) groups is 2. The Kier molecular flexibility index (Phi) is 5.71. The topological polar surface area (TPSA) is 128 Å². The molecule has 11 heteroatoms. The number of rotatable bonds is 5. The van der Waals surface area contributed by atoms with Gasteiger partial charge in [0.1, 0.15) is 6.33 Å². The van der Waals surface area contributed by atoms with Gasteiger partial charge < -0.3 is 0 Å². The molecule has 138 valence electrons. The molecule has 0 aliphatic heterocycles. The smallest absolute Gasteiger partial charge is 0.269 e. The van der Waals surface area contributed by atoms with E-state index in [1.165, 1.54) is 22.8 Å². The number of aromatic nitrogens is 6. The molecule has 0 saturated heterocycles. The van der Waals surface area contributed by atoms with Gasteiger partial charge in [-0.1, -0.05) is 11.8 Å². The van der Waals surface area contributed by atoms with E-state index >= 15 is 0 Å². The maximum atomic E-state index is 12.1. The number of benzene rings is 1. The standard InChI is InChI=1S/C16H16N8O2S/c1-10-7-11(2)19-16(18-10)27-8-14(25)20-21-15(26)12-3-5-13(6-4-12)24-9-17-22-23-24/h3-7,9H,8H2,1-2H3,(H,20,25)(H,21,26). The number of thioether (sulfide) groups is 1. The largest absolute Gasteiger partial charge is 0.272 e. The van der Waals surface area contributed by atoms with Gasteiger partial charge in [0, 0.05) is 17.0 Å². The zero-order valence-electron chi connectivity index (χ0n) is 14.6. The summed E-state index contributed by atoms with van der Waals surface area (Å²) < 4.78 is 1.47. The number of amides is 2. The van der Waals surface area contributed by atoms with E-state index in [1.54, 1.807) is 24.3 Å². The lowest BCUT2D eigenvalue weighted by Crippen LogP contribution is -2.42. The number of hydrazine groups is 1. The number of tetrazole rings is 1. The van der Waals surface area contributed by atoms with Crippen molar-refractivity contribution in [2.24, 2.45) is 0 Å². The van der Waals surface area contributed by atoms with Crippen LogP contribution in [0.3, 0.4) is 0 Å². The number of carbonyl (C=O) groups excluding carboxylic acids is 2. The molecule has 0 unspecified atom stereocenters. The van der Waals surface area contributed by atoms with Crippen LogP contribution in [-0.4, -0.2) is 47.7 Å². The van der Waals surface area contributed by atoms with Crippen LogP contribution in [-0.2, 0) is 4.79 Å². The zero-order chi connectivity index (χ0) is 19.2. The van der Waals surface area contributed by atoms with E-state index in [0.29, 0.717) is 16.4 Å². The molecule has 0 saturated carbocycles. The third-order valence-electron chi connectivity index (χ3n) is 3.35. The minimum absolute atomic E-state index is 0.0847. The molecular formula is C16H16N8O2S. The summed E-state index contributed by atoms with van der Waals surface area (Å²) in [6.07, 6.45) is 1.45. The Labute approximate surface area is 158 Å². The fourth-order valence-electron chi connectivity index (χ4n) is 2.17. The van der Waals surface area contributed by atoms with Crippen LogP contribution in [0.5, 0.6) is 0 Å². The average molecular weight is 384 g/mol. The molecule has 0 bridgehead atoms. The first kappa shape index (κ1) is 18.5. The fraction of sp³-hybridized carbons (Fsp3) is 0.188. The van der Waals surface area contributed by atoms with E-state index < -0.39 is 5.91 Å². The lowest BCUT2D eigenvalue weighted by molar-refractivity contribution is -0.119. The second-order valence-corrected chi connectivity index (χ2v) is 6.47. The zero-order valence-corrected chi connectivity index (χ0v) is 15.4. The molecule has 1 aromatic carbocycles. The Hall–Kier alpha value is -3.34. The van der Waals surface area contributed by atoms with E-state index in [9.17, 15) is 9.59 Å². The molecule has 2 heterocycles. The highest BCUT2D eigenvalue weighted by Crippen LogP contribution is 2.13. The minimum Gasteiger partial charge on any atom is -0.272 e. The predicted molar refractivity (Wildman–Crippen MR) is 97.0 cm³/mol. The SMILES string of the molecule is Cc1cc(C)nc(SCC(=O)NNC(=O)c2ccc(-n3cnnn3)cc2)n1. The highest BCUT2D eigenvalue weighted by molar-refractivity contribution is 7.99. The van der Waals surface area contributed by atoms with Crippen molar-refractivity contribution in [2.75, 3.05) is 5.75 Å². The van der Waals surface area contributed by atoms with Crippen LogP contribution in [0, 0.1) is 13.8 Å². The molecule has 0 aliphatic carbocycles. The van der Waals surface area contributed by atoms with Crippen LogP contribution in [0.1, 0.15) is 21.7 Å². The molecule has 2 amide bonds. The van der Waals surface area contributed by atoms with Gasteiger partial charge in [0.25, 0.3) is 5.91 Å². The fourth-order valence-corrected chi connectivity index (χ4v) is 2.92. The highest BCUT2D eigenvalue weighted by atomic mass is 32.2. The van der Waals surface area contributed by atoms with Gasteiger partial charge in [-0.05, 0) is 54.6 Å². The summed E-state index contributed by atoms with van der Waals surface area (Å²) in [7, 11) is 0.